The lowest BCUT2D eigenvalue weighted by molar-refractivity contribution is -0.144. The molecular formula is C70H36F24N2S2. The van der Waals surface area contributed by atoms with E-state index in [2.05, 4.69) is 0 Å². The molecule has 0 radical (unpaired) electrons. The van der Waals surface area contributed by atoms with Gasteiger partial charge in [0, 0.05) is 32.5 Å². The monoisotopic (exact) mass is 1420 g/mol. The third-order valence-electron chi connectivity index (χ3n) is 15.1. The first-order valence-electron chi connectivity index (χ1n) is 28.1. The molecule has 11 aromatic rings. The number of thiophene rings is 2. The summed E-state index contributed by atoms with van der Waals surface area (Å²) in [6.07, 6.45) is -43.9. The van der Waals surface area contributed by atoms with Crippen LogP contribution in [0.3, 0.4) is 0 Å². The van der Waals surface area contributed by atoms with Gasteiger partial charge in [0.05, 0.1) is 44.5 Å². The maximum absolute atomic E-state index is 14.6. The number of hydrogen-bond acceptors (Lipinski definition) is 4. The van der Waals surface area contributed by atoms with Crippen molar-refractivity contribution in [3.63, 3.8) is 0 Å². The first-order chi connectivity index (χ1) is 45.5. The standard InChI is InChI=1S/C70H36F24N2S2/c71-63(72,73)47-21-43(22-48(33-47)64(74,75)76)39-19-40(44-23-49(65(77,78)79)34-50(24-44)66(80,81)82)30-57(29-39)95(61-17-15-59(97-61)37-7-3-1-4-8-37)55-11-13-56(14-12-55)96(62-18-16-60(98-62)38-9-5-2-6-10-38)58-31-41(45-25-51(67(83,84)85)35-52(26-45)68(86,87)88)20-42(32-58)46-27-53(69(89,90)91)36-54(28-46)70(92,93)94/h1-36H. The Morgan fingerprint density at radius 1 is 0.184 bits per heavy atom. The van der Waals surface area contributed by atoms with E-state index >= 15 is 0 Å². The Labute approximate surface area is 546 Å². The quantitative estimate of drug-likeness (QED) is 0.113. The van der Waals surface area contributed by atoms with Gasteiger partial charge in [-0.1, -0.05) is 60.7 Å². The number of benzene rings is 9. The van der Waals surface area contributed by atoms with Gasteiger partial charge in [0.25, 0.3) is 0 Å². The molecule has 0 saturated heterocycles. The molecule has 2 heterocycles. The van der Waals surface area contributed by atoms with Crippen LogP contribution in [0.25, 0.3) is 65.4 Å². The van der Waals surface area contributed by atoms with E-state index in [1.165, 1.54) is 46.2 Å². The molecule has 0 spiro atoms. The summed E-state index contributed by atoms with van der Waals surface area (Å²) in [5.74, 6) is 0. The van der Waals surface area contributed by atoms with E-state index in [-0.39, 0.29) is 106 Å². The molecule has 28 heteroatoms. The van der Waals surface area contributed by atoms with Crippen molar-refractivity contribution in [2.24, 2.45) is 0 Å². The van der Waals surface area contributed by atoms with Crippen molar-refractivity contribution in [2.75, 3.05) is 9.80 Å². The van der Waals surface area contributed by atoms with Crippen LogP contribution in [-0.4, -0.2) is 0 Å². The number of halogens is 24. The third-order valence-corrected chi connectivity index (χ3v) is 17.4. The second-order valence-electron chi connectivity index (χ2n) is 21.9. The largest absolute Gasteiger partial charge is 0.416 e. The summed E-state index contributed by atoms with van der Waals surface area (Å²) in [6.45, 7) is 0. The zero-order valence-electron chi connectivity index (χ0n) is 48.6. The van der Waals surface area contributed by atoms with Crippen LogP contribution in [-0.2, 0) is 49.4 Å². The molecule has 2 nitrogen and oxygen atoms in total. The number of nitrogens with zero attached hydrogens (tertiary/aromatic N) is 2. The van der Waals surface area contributed by atoms with E-state index in [4.69, 9.17) is 0 Å². The molecule has 0 amide bonds. The van der Waals surface area contributed by atoms with Gasteiger partial charge in [0.15, 0.2) is 0 Å². The SMILES string of the molecule is FC(F)(F)c1cc(-c2cc(-c3cc(C(F)(F)F)cc(C(F)(F)F)c3)cc(N(c3ccc(N(c4cc(-c5cc(C(F)(F)F)cc(C(F)(F)F)c5)cc(-c5cc(C(F)(F)F)cc(C(F)(F)F)c5)c4)c4ccc(-c5ccccc5)s4)cc3)c3ccc(-c4ccccc4)s3)c2)cc(C(F)(F)F)c1. The summed E-state index contributed by atoms with van der Waals surface area (Å²) in [7, 11) is 0. The summed E-state index contributed by atoms with van der Waals surface area (Å²) < 4.78 is 349. The number of hydrogen-bond donors (Lipinski definition) is 0. The lowest BCUT2D eigenvalue weighted by Crippen LogP contribution is -2.13. The van der Waals surface area contributed by atoms with Crippen molar-refractivity contribution in [1.29, 1.82) is 0 Å². The molecule has 506 valence electrons. The minimum atomic E-state index is -5.48. The summed E-state index contributed by atoms with van der Waals surface area (Å²) in [5, 5.41) is 0.191. The highest BCUT2D eigenvalue weighted by molar-refractivity contribution is 7.20. The number of rotatable bonds is 12. The zero-order chi connectivity index (χ0) is 71.0. The van der Waals surface area contributed by atoms with Crippen LogP contribution >= 0.6 is 22.7 Å². The second kappa shape index (κ2) is 25.3. The van der Waals surface area contributed by atoms with Crippen LogP contribution in [0.1, 0.15) is 44.5 Å². The zero-order valence-corrected chi connectivity index (χ0v) is 50.2. The highest BCUT2D eigenvalue weighted by Gasteiger charge is 2.42. The molecular weight excluding hydrogens is 1390 g/mol. The summed E-state index contributed by atoms with van der Waals surface area (Å²) >= 11 is 1.93. The predicted molar refractivity (Wildman–Crippen MR) is 324 cm³/mol. The summed E-state index contributed by atoms with van der Waals surface area (Å²) in [5.41, 5.74) is -20.7. The fourth-order valence-electron chi connectivity index (χ4n) is 10.6. The molecule has 0 aliphatic carbocycles. The number of alkyl halides is 24. The molecule has 11 rings (SSSR count). The second-order valence-corrected chi connectivity index (χ2v) is 24.0. The van der Waals surface area contributed by atoms with Crippen molar-refractivity contribution in [3.05, 3.63) is 263 Å². The Morgan fingerprint density at radius 2 is 0.388 bits per heavy atom. The highest BCUT2D eigenvalue weighted by Crippen LogP contribution is 2.52. The van der Waals surface area contributed by atoms with Crippen LogP contribution in [0.15, 0.2) is 218 Å². The maximum atomic E-state index is 14.6. The van der Waals surface area contributed by atoms with E-state index in [0.717, 1.165) is 59.1 Å². The van der Waals surface area contributed by atoms with Gasteiger partial charge < -0.3 is 9.80 Å². The Bertz CT molecular complexity index is 4120. The summed E-state index contributed by atoms with van der Waals surface area (Å²) in [6, 6.07) is 34.6. The molecule has 0 aliphatic heterocycles. The minimum Gasteiger partial charge on any atom is -0.302 e. The maximum Gasteiger partial charge on any atom is 0.416 e. The molecule has 0 unspecified atom stereocenters. The molecule has 98 heavy (non-hydrogen) atoms. The molecule has 0 N–H and O–H groups in total. The van der Waals surface area contributed by atoms with E-state index in [9.17, 15) is 105 Å². The van der Waals surface area contributed by atoms with Crippen molar-refractivity contribution in [2.45, 2.75) is 49.4 Å². The van der Waals surface area contributed by atoms with Gasteiger partial charge in [-0.05, 0) is 213 Å². The molecule has 9 aromatic carbocycles. The molecule has 0 saturated carbocycles. The van der Waals surface area contributed by atoms with Gasteiger partial charge in [-0.15, -0.1) is 22.7 Å². The van der Waals surface area contributed by atoms with Crippen LogP contribution in [0.5, 0.6) is 0 Å². The summed E-state index contributed by atoms with van der Waals surface area (Å²) in [4.78, 5) is 3.48. The van der Waals surface area contributed by atoms with Crippen LogP contribution in [0, 0.1) is 0 Å². The van der Waals surface area contributed by atoms with Crippen molar-refractivity contribution in [3.8, 4) is 65.4 Å². The van der Waals surface area contributed by atoms with E-state index in [0.29, 0.717) is 20.9 Å². The van der Waals surface area contributed by atoms with Crippen LogP contribution in [0.2, 0.25) is 0 Å². The lowest BCUT2D eigenvalue weighted by atomic mass is 9.93. The van der Waals surface area contributed by atoms with E-state index < -0.39 is 138 Å². The highest BCUT2D eigenvalue weighted by atomic mass is 32.1. The first-order valence-corrected chi connectivity index (χ1v) is 29.7. The molecule has 0 atom stereocenters. The Morgan fingerprint density at radius 3 is 0.592 bits per heavy atom. The average molecular weight is 1430 g/mol. The van der Waals surface area contributed by atoms with Gasteiger partial charge in [-0.3, -0.25) is 0 Å². The Hall–Kier alpha value is -9.70. The first kappa shape index (κ1) is 69.6. The minimum absolute atomic E-state index is 0.0730. The van der Waals surface area contributed by atoms with Gasteiger partial charge in [-0.25, -0.2) is 0 Å². The average Bonchev–Trinajstić information content (AvgIpc) is 1.12. The van der Waals surface area contributed by atoms with Gasteiger partial charge in [-0.2, -0.15) is 105 Å². The molecule has 0 bridgehead atoms. The normalized spacial score (nSPS) is 12.9. The Balaban J connectivity index is 1.19. The van der Waals surface area contributed by atoms with E-state index in [1.807, 2.05) is 0 Å². The molecule has 2 aromatic heterocycles. The molecule has 0 fully saturated rings. The number of anilines is 6. The lowest BCUT2D eigenvalue weighted by Gasteiger charge is -2.28. The fourth-order valence-corrected chi connectivity index (χ4v) is 12.7. The van der Waals surface area contributed by atoms with Gasteiger partial charge in [0.2, 0.25) is 0 Å². The van der Waals surface area contributed by atoms with Crippen LogP contribution < -0.4 is 9.80 Å². The molecule has 0 aliphatic rings. The Kier molecular flexibility index (Phi) is 18.0. The topological polar surface area (TPSA) is 6.48 Å². The van der Waals surface area contributed by atoms with Crippen molar-refractivity contribution < 1.29 is 105 Å². The smallest absolute Gasteiger partial charge is 0.302 e. The van der Waals surface area contributed by atoms with Gasteiger partial charge in [0.1, 0.15) is 10.0 Å². The van der Waals surface area contributed by atoms with Gasteiger partial charge >= 0.3 is 49.4 Å². The third kappa shape index (κ3) is 15.3. The fraction of sp³-hybridized carbons (Fsp3) is 0.114. The van der Waals surface area contributed by atoms with Crippen LogP contribution in [0.4, 0.5) is 138 Å². The van der Waals surface area contributed by atoms with Crippen molar-refractivity contribution >= 4 is 55.4 Å². The van der Waals surface area contributed by atoms with Crippen molar-refractivity contribution in [1.82, 2.24) is 0 Å². The predicted octanol–water partition coefficient (Wildman–Crippen LogP) is 26.9. The van der Waals surface area contributed by atoms with E-state index in [1.54, 1.807) is 72.8 Å².